The number of methoxy groups -OCH3 is 1. The second-order valence-corrected chi connectivity index (χ2v) is 6.14. The molecule has 8 heteroatoms. The average molecular weight is 302 g/mol. The lowest BCUT2D eigenvalue weighted by Crippen LogP contribution is -2.31. The van der Waals surface area contributed by atoms with E-state index in [-0.39, 0.29) is 22.8 Å². The lowest BCUT2D eigenvalue weighted by Gasteiger charge is -2.11. The van der Waals surface area contributed by atoms with Crippen molar-refractivity contribution in [1.29, 1.82) is 0 Å². The summed E-state index contributed by atoms with van der Waals surface area (Å²) in [6.07, 6.45) is 0. The standard InChI is InChI=1S/C12H18N2O5S/c1-14(2)7-6-13-20(17,18)9-4-5-11(15)10(8-9)12(16)19-3/h4-5,8,13,15H,6-7H2,1-3H3. The smallest absolute Gasteiger partial charge is 0.341 e. The number of carbonyl (C=O) groups is 1. The topological polar surface area (TPSA) is 95.9 Å². The van der Waals surface area contributed by atoms with Gasteiger partial charge >= 0.3 is 5.97 Å². The number of carbonyl (C=O) groups excluding carboxylic acids is 1. The Morgan fingerprint density at radius 3 is 2.60 bits per heavy atom. The molecular weight excluding hydrogens is 284 g/mol. The fraction of sp³-hybridized carbons (Fsp3) is 0.417. The number of nitrogens with zero attached hydrogens (tertiary/aromatic N) is 1. The first-order valence-corrected chi connectivity index (χ1v) is 7.32. The Morgan fingerprint density at radius 2 is 2.05 bits per heavy atom. The minimum absolute atomic E-state index is 0.102. The number of phenolic OH excluding ortho intramolecular Hbond substituents is 1. The molecule has 0 atom stereocenters. The highest BCUT2D eigenvalue weighted by Crippen LogP contribution is 2.21. The van der Waals surface area contributed by atoms with E-state index >= 15 is 0 Å². The summed E-state index contributed by atoms with van der Waals surface area (Å²) in [4.78, 5) is 13.1. The van der Waals surface area contributed by atoms with Crippen molar-refractivity contribution >= 4 is 16.0 Å². The molecule has 2 N–H and O–H groups in total. The molecule has 0 amide bonds. The molecule has 0 heterocycles. The number of aromatic hydroxyl groups is 1. The third kappa shape index (κ3) is 4.19. The third-order valence-corrected chi connectivity index (χ3v) is 3.99. The van der Waals surface area contributed by atoms with Crippen LogP contribution in [0, 0.1) is 0 Å². The number of rotatable bonds is 6. The van der Waals surface area contributed by atoms with Gasteiger partial charge in [-0.05, 0) is 32.3 Å². The van der Waals surface area contributed by atoms with Gasteiger partial charge in [-0.15, -0.1) is 0 Å². The number of ether oxygens (including phenoxy) is 1. The van der Waals surface area contributed by atoms with Gasteiger partial charge in [0, 0.05) is 13.1 Å². The van der Waals surface area contributed by atoms with E-state index in [0.29, 0.717) is 6.54 Å². The highest BCUT2D eigenvalue weighted by molar-refractivity contribution is 7.89. The van der Waals surface area contributed by atoms with E-state index in [4.69, 9.17) is 0 Å². The van der Waals surface area contributed by atoms with Crippen LogP contribution in [0.5, 0.6) is 5.75 Å². The van der Waals surface area contributed by atoms with Gasteiger partial charge in [0.2, 0.25) is 10.0 Å². The normalized spacial score (nSPS) is 11.6. The van der Waals surface area contributed by atoms with Crippen molar-refractivity contribution in [3.8, 4) is 5.75 Å². The monoisotopic (exact) mass is 302 g/mol. The van der Waals surface area contributed by atoms with E-state index in [9.17, 15) is 18.3 Å². The number of phenols is 1. The Bertz CT molecular complexity index is 584. The maximum Gasteiger partial charge on any atom is 0.341 e. The Labute approximate surface area is 118 Å². The number of likely N-dealkylation sites (N-methyl/N-ethyl adjacent to an activating group) is 1. The summed E-state index contributed by atoms with van der Waals surface area (Å²) in [5.41, 5.74) is -0.192. The van der Waals surface area contributed by atoms with Crippen LogP contribution in [0.2, 0.25) is 0 Å². The Kier molecular flexibility index (Phi) is 5.49. The van der Waals surface area contributed by atoms with E-state index in [1.165, 1.54) is 6.07 Å². The molecule has 1 aromatic rings. The molecule has 0 bridgehead atoms. The van der Waals surface area contributed by atoms with Crippen LogP contribution >= 0.6 is 0 Å². The van der Waals surface area contributed by atoms with Crippen LogP contribution < -0.4 is 4.72 Å². The lowest BCUT2D eigenvalue weighted by atomic mass is 10.2. The van der Waals surface area contributed by atoms with E-state index in [1.807, 2.05) is 19.0 Å². The molecule has 0 unspecified atom stereocenters. The highest BCUT2D eigenvalue weighted by Gasteiger charge is 2.19. The second kappa shape index (κ2) is 6.69. The molecule has 1 rings (SSSR count). The molecule has 0 spiro atoms. The number of hydrogen-bond donors (Lipinski definition) is 2. The minimum Gasteiger partial charge on any atom is -0.507 e. The number of nitrogens with one attached hydrogen (secondary N) is 1. The number of esters is 1. The number of hydrogen-bond acceptors (Lipinski definition) is 6. The van der Waals surface area contributed by atoms with Crippen LogP contribution in [0.25, 0.3) is 0 Å². The first-order chi connectivity index (χ1) is 9.27. The van der Waals surface area contributed by atoms with Crippen molar-refractivity contribution in [2.24, 2.45) is 0 Å². The van der Waals surface area contributed by atoms with Gasteiger partial charge in [0.1, 0.15) is 11.3 Å². The van der Waals surface area contributed by atoms with Gasteiger partial charge in [0.15, 0.2) is 0 Å². The zero-order valence-electron chi connectivity index (χ0n) is 11.6. The molecule has 112 valence electrons. The Hall–Kier alpha value is -1.64. The van der Waals surface area contributed by atoms with Crippen molar-refractivity contribution in [2.45, 2.75) is 4.90 Å². The van der Waals surface area contributed by atoms with Crippen molar-refractivity contribution in [1.82, 2.24) is 9.62 Å². The van der Waals surface area contributed by atoms with Crippen LogP contribution in [0.3, 0.4) is 0 Å². The van der Waals surface area contributed by atoms with Crippen molar-refractivity contribution in [3.05, 3.63) is 23.8 Å². The van der Waals surface area contributed by atoms with Gasteiger partial charge in [-0.25, -0.2) is 17.9 Å². The van der Waals surface area contributed by atoms with E-state index in [2.05, 4.69) is 9.46 Å². The maximum absolute atomic E-state index is 12.0. The van der Waals surface area contributed by atoms with Crippen molar-refractivity contribution in [2.75, 3.05) is 34.3 Å². The van der Waals surface area contributed by atoms with Crippen LogP contribution in [-0.2, 0) is 14.8 Å². The zero-order valence-corrected chi connectivity index (χ0v) is 12.4. The quantitative estimate of drug-likeness (QED) is 0.719. The minimum atomic E-state index is -3.73. The summed E-state index contributed by atoms with van der Waals surface area (Å²) in [6, 6.07) is 3.45. The van der Waals surface area contributed by atoms with Gasteiger partial charge < -0.3 is 14.7 Å². The summed E-state index contributed by atoms with van der Waals surface area (Å²) < 4.78 is 30.9. The maximum atomic E-state index is 12.0. The summed E-state index contributed by atoms with van der Waals surface area (Å²) >= 11 is 0. The molecule has 0 saturated carbocycles. The molecule has 0 aliphatic heterocycles. The lowest BCUT2D eigenvalue weighted by molar-refractivity contribution is 0.0597. The number of benzene rings is 1. The van der Waals surface area contributed by atoms with Gasteiger partial charge in [-0.3, -0.25) is 0 Å². The van der Waals surface area contributed by atoms with Crippen molar-refractivity contribution in [3.63, 3.8) is 0 Å². The van der Waals surface area contributed by atoms with Gasteiger partial charge in [-0.2, -0.15) is 0 Å². The highest BCUT2D eigenvalue weighted by atomic mass is 32.2. The van der Waals surface area contributed by atoms with Crippen LogP contribution in [0.4, 0.5) is 0 Å². The fourth-order valence-electron chi connectivity index (χ4n) is 1.44. The summed E-state index contributed by atoms with van der Waals surface area (Å²) in [5, 5.41) is 9.53. The average Bonchev–Trinajstić information content (AvgIpc) is 2.37. The van der Waals surface area contributed by atoms with Crippen molar-refractivity contribution < 1.29 is 23.1 Å². The summed E-state index contributed by atoms with van der Waals surface area (Å²) in [5.74, 6) is -1.13. The molecule has 1 aromatic carbocycles. The van der Waals surface area contributed by atoms with E-state index < -0.39 is 16.0 Å². The first kappa shape index (κ1) is 16.4. The van der Waals surface area contributed by atoms with Gasteiger partial charge in [0.25, 0.3) is 0 Å². The van der Waals surface area contributed by atoms with E-state index in [1.54, 1.807) is 0 Å². The molecular formula is C12H18N2O5S. The molecule has 0 fully saturated rings. The summed E-state index contributed by atoms with van der Waals surface area (Å²) in [7, 11) is 1.07. The Morgan fingerprint density at radius 1 is 1.40 bits per heavy atom. The molecule has 0 aromatic heterocycles. The van der Waals surface area contributed by atoms with E-state index in [0.717, 1.165) is 19.2 Å². The molecule has 0 aliphatic carbocycles. The number of sulfonamides is 1. The predicted octanol–water partition coefficient (Wildman–Crippen LogP) is 0.0187. The molecule has 0 saturated heterocycles. The third-order valence-electron chi connectivity index (χ3n) is 2.53. The van der Waals surface area contributed by atoms with Gasteiger partial charge in [-0.1, -0.05) is 0 Å². The van der Waals surface area contributed by atoms with Crippen LogP contribution in [-0.4, -0.2) is 58.7 Å². The predicted molar refractivity (Wildman–Crippen MR) is 73.2 cm³/mol. The zero-order chi connectivity index (χ0) is 15.3. The second-order valence-electron chi connectivity index (χ2n) is 4.37. The molecule has 20 heavy (non-hydrogen) atoms. The first-order valence-electron chi connectivity index (χ1n) is 5.83. The van der Waals surface area contributed by atoms with Crippen LogP contribution in [0.15, 0.2) is 23.1 Å². The SMILES string of the molecule is COC(=O)c1cc(S(=O)(=O)NCCN(C)C)ccc1O. The largest absolute Gasteiger partial charge is 0.507 e. The van der Waals surface area contributed by atoms with Gasteiger partial charge in [0.05, 0.1) is 12.0 Å². The molecule has 0 radical (unpaired) electrons. The molecule has 7 nitrogen and oxygen atoms in total. The fourth-order valence-corrected chi connectivity index (χ4v) is 2.49. The summed E-state index contributed by atoms with van der Waals surface area (Å²) in [6.45, 7) is 0.783. The molecule has 0 aliphatic rings. The Balaban J connectivity index is 2.98. The van der Waals surface area contributed by atoms with Crippen LogP contribution in [0.1, 0.15) is 10.4 Å².